The molecule has 0 radical (unpaired) electrons. The van der Waals surface area contributed by atoms with Gasteiger partial charge in [0.2, 0.25) is 10.0 Å². The van der Waals surface area contributed by atoms with Gasteiger partial charge in [-0.3, -0.25) is 0 Å². The molecule has 7 heteroatoms. The summed E-state index contributed by atoms with van der Waals surface area (Å²) in [5, 5.41) is 3.23. The maximum Gasteiger partial charge on any atom is 0.242 e. The molecule has 1 aliphatic heterocycles. The molecule has 0 saturated carbocycles. The molecule has 4 nitrogen and oxygen atoms in total. The minimum Gasteiger partial charge on any atom is -0.315 e. The molecule has 0 aromatic heterocycles. The van der Waals surface area contributed by atoms with Gasteiger partial charge in [-0.1, -0.05) is 19.1 Å². The van der Waals surface area contributed by atoms with Crippen molar-refractivity contribution >= 4 is 38.4 Å². The third kappa shape index (κ3) is 3.95. The molecule has 1 heterocycles. The van der Waals surface area contributed by atoms with E-state index < -0.39 is 10.0 Å². The van der Waals surface area contributed by atoms with Gasteiger partial charge in [0, 0.05) is 17.1 Å². The van der Waals surface area contributed by atoms with Gasteiger partial charge in [-0.05, 0) is 53.4 Å². The summed E-state index contributed by atoms with van der Waals surface area (Å²) in [6.45, 7) is 5.60. The summed E-state index contributed by atoms with van der Waals surface area (Å²) in [4.78, 5) is 0.310. The van der Waals surface area contributed by atoms with Gasteiger partial charge in [0.25, 0.3) is 0 Å². The van der Waals surface area contributed by atoms with Crippen molar-refractivity contribution in [1.82, 2.24) is 10.0 Å². The fourth-order valence-electron chi connectivity index (χ4n) is 2.24. The van der Waals surface area contributed by atoms with E-state index in [9.17, 15) is 8.42 Å². The average molecular weight is 384 g/mol. The van der Waals surface area contributed by atoms with E-state index in [0.717, 1.165) is 18.5 Å². The third-order valence-corrected chi connectivity index (χ3v) is 6.43. The van der Waals surface area contributed by atoms with Crippen LogP contribution in [0.4, 0.5) is 0 Å². The second-order valence-corrected chi connectivity index (χ2v) is 7.56. The van der Waals surface area contributed by atoms with E-state index in [1.165, 1.54) is 0 Å². The number of hydrogen-bond acceptors (Lipinski definition) is 3. The highest BCUT2D eigenvalue weighted by atomic mass is 79.9. The quantitative estimate of drug-likeness (QED) is 0.843. The van der Waals surface area contributed by atoms with Crippen molar-refractivity contribution in [3.8, 4) is 0 Å². The third-order valence-electron chi connectivity index (χ3n) is 3.58. The topological polar surface area (TPSA) is 58.2 Å². The first-order valence-electron chi connectivity index (χ1n) is 6.40. The molecule has 0 aliphatic carbocycles. The lowest BCUT2D eigenvalue weighted by molar-refractivity contribution is 0.327. The summed E-state index contributed by atoms with van der Waals surface area (Å²) in [6.07, 6.45) is 0.988. The van der Waals surface area contributed by atoms with Crippen molar-refractivity contribution in [2.75, 3.05) is 13.1 Å². The predicted octanol–water partition coefficient (Wildman–Crippen LogP) is 2.46. The van der Waals surface area contributed by atoms with Crippen molar-refractivity contribution in [3.05, 3.63) is 28.2 Å². The molecule has 0 spiro atoms. The van der Waals surface area contributed by atoms with Crippen LogP contribution in [0.1, 0.15) is 18.9 Å². The molecular formula is C13H20BrClN2O2S. The van der Waals surface area contributed by atoms with Crippen molar-refractivity contribution in [3.63, 3.8) is 0 Å². The van der Waals surface area contributed by atoms with Gasteiger partial charge in [-0.2, -0.15) is 0 Å². The number of piperidine rings is 1. The Hall–Kier alpha value is -0.140. The highest BCUT2D eigenvalue weighted by molar-refractivity contribution is 9.10. The Morgan fingerprint density at radius 1 is 1.40 bits per heavy atom. The Morgan fingerprint density at radius 2 is 2.10 bits per heavy atom. The summed E-state index contributed by atoms with van der Waals surface area (Å²) < 4.78 is 28.3. The molecule has 0 amide bonds. The lowest BCUT2D eigenvalue weighted by Crippen LogP contribution is -2.50. The highest BCUT2D eigenvalue weighted by Crippen LogP contribution is 2.26. The molecule has 2 N–H and O–H groups in total. The largest absolute Gasteiger partial charge is 0.315 e. The van der Waals surface area contributed by atoms with E-state index >= 15 is 0 Å². The number of sulfonamides is 1. The molecule has 2 atom stereocenters. The van der Waals surface area contributed by atoms with Crippen LogP contribution in [0.3, 0.4) is 0 Å². The minimum atomic E-state index is -3.48. The normalized spacial score (nSPS) is 23.1. The van der Waals surface area contributed by atoms with Crippen LogP contribution in [0, 0.1) is 12.8 Å². The summed E-state index contributed by atoms with van der Waals surface area (Å²) >= 11 is 3.36. The smallest absolute Gasteiger partial charge is 0.242 e. The average Bonchev–Trinajstić information content (AvgIpc) is 2.35. The maximum absolute atomic E-state index is 12.5. The number of hydrogen-bond donors (Lipinski definition) is 2. The van der Waals surface area contributed by atoms with E-state index in [2.05, 4.69) is 32.9 Å². The summed E-state index contributed by atoms with van der Waals surface area (Å²) in [5.41, 5.74) is 0.915. The van der Waals surface area contributed by atoms with Crippen LogP contribution in [0.15, 0.2) is 27.6 Å². The van der Waals surface area contributed by atoms with Crippen LogP contribution >= 0.6 is 28.3 Å². The number of aryl methyl sites for hydroxylation is 1. The van der Waals surface area contributed by atoms with Crippen LogP contribution in [0.25, 0.3) is 0 Å². The molecule has 1 fully saturated rings. The van der Waals surface area contributed by atoms with Gasteiger partial charge >= 0.3 is 0 Å². The van der Waals surface area contributed by atoms with E-state index in [1.54, 1.807) is 12.1 Å². The number of nitrogens with one attached hydrogen (secondary N) is 2. The van der Waals surface area contributed by atoms with E-state index in [0.29, 0.717) is 21.8 Å². The lowest BCUT2D eigenvalue weighted by atomic mass is 9.96. The highest BCUT2D eigenvalue weighted by Gasteiger charge is 2.27. The zero-order valence-corrected chi connectivity index (χ0v) is 14.7. The standard InChI is InChI=1S/C13H19BrN2O2S.ClH/c1-9-6-7-15-8-11(9)16-19(17,18)12-5-3-4-10(2)13(12)14;/h3-5,9,11,15-16H,6-8H2,1-2H3;1H. The fourth-order valence-corrected chi connectivity index (χ4v) is 4.64. The summed E-state index contributed by atoms with van der Waals surface area (Å²) in [5.74, 6) is 0.347. The molecule has 1 aliphatic rings. The van der Waals surface area contributed by atoms with E-state index in [-0.39, 0.29) is 18.4 Å². The second kappa shape index (κ2) is 7.22. The molecule has 114 valence electrons. The van der Waals surface area contributed by atoms with Crippen molar-refractivity contribution in [2.45, 2.75) is 31.2 Å². The first-order valence-corrected chi connectivity index (χ1v) is 8.67. The molecule has 1 aromatic rings. The molecular weight excluding hydrogens is 364 g/mol. The van der Waals surface area contributed by atoms with Crippen LogP contribution < -0.4 is 10.0 Å². The fraction of sp³-hybridized carbons (Fsp3) is 0.538. The Bertz CT molecular complexity index is 565. The van der Waals surface area contributed by atoms with E-state index in [1.807, 2.05) is 13.0 Å². The van der Waals surface area contributed by atoms with Crippen LogP contribution in [0.2, 0.25) is 0 Å². The number of halogens is 2. The Morgan fingerprint density at radius 3 is 2.75 bits per heavy atom. The molecule has 1 aromatic carbocycles. The Labute approximate surface area is 135 Å². The van der Waals surface area contributed by atoms with Gasteiger partial charge in [-0.15, -0.1) is 12.4 Å². The van der Waals surface area contributed by atoms with E-state index in [4.69, 9.17) is 0 Å². The second-order valence-electron chi connectivity index (χ2n) is 5.08. The lowest BCUT2D eigenvalue weighted by Gasteiger charge is -2.30. The zero-order valence-electron chi connectivity index (χ0n) is 11.5. The summed E-state index contributed by atoms with van der Waals surface area (Å²) in [7, 11) is -3.48. The van der Waals surface area contributed by atoms with Crippen LogP contribution in [0.5, 0.6) is 0 Å². The SMILES string of the molecule is Cc1cccc(S(=O)(=O)NC2CNCCC2C)c1Br.Cl. The van der Waals surface area contributed by atoms with Crippen molar-refractivity contribution in [2.24, 2.45) is 5.92 Å². The molecule has 0 bridgehead atoms. The summed E-state index contributed by atoms with van der Waals surface area (Å²) in [6, 6.07) is 5.22. The monoisotopic (exact) mass is 382 g/mol. The Kier molecular flexibility index (Phi) is 6.47. The number of benzene rings is 1. The van der Waals surface area contributed by atoms with Crippen molar-refractivity contribution < 1.29 is 8.42 Å². The van der Waals surface area contributed by atoms with Gasteiger partial charge < -0.3 is 5.32 Å². The minimum absolute atomic E-state index is 0. The number of rotatable bonds is 3. The van der Waals surface area contributed by atoms with Gasteiger partial charge in [0.05, 0.1) is 4.90 Å². The molecule has 1 saturated heterocycles. The van der Waals surface area contributed by atoms with Crippen LogP contribution in [-0.4, -0.2) is 27.5 Å². The predicted molar refractivity (Wildman–Crippen MR) is 86.9 cm³/mol. The van der Waals surface area contributed by atoms with Gasteiger partial charge in [0.15, 0.2) is 0 Å². The van der Waals surface area contributed by atoms with Gasteiger partial charge in [-0.25, -0.2) is 13.1 Å². The zero-order chi connectivity index (χ0) is 14.0. The first-order chi connectivity index (χ1) is 8.92. The maximum atomic E-state index is 12.5. The molecule has 20 heavy (non-hydrogen) atoms. The molecule has 2 unspecified atom stereocenters. The Balaban J connectivity index is 0.00000200. The van der Waals surface area contributed by atoms with Gasteiger partial charge in [0.1, 0.15) is 0 Å². The van der Waals surface area contributed by atoms with Crippen LogP contribution in [-0.2, 0) is 10.0 Å². The molecule has 2 rings (SSSR count). The van der Waals surface area contributed by atoms with Crippen molar-refractivity contribution in [1.29, 1.82) is 0 Å². The first kappa shape index (κ1) is 17.9.